The van der Waals surface area contributed by atoms with Crippen molar-refractivity contribution in [2.24, 2.45) is 0 Å². The molecule has 10 rings (SSSR count). The third-order valence-corrected chi connectivity index (χ3v) is 10.7. The van der Waals surface area contributed by atoms with Gasteiger partial charge < -0.3 is 9.47 Å². The van der Waals surface area contributed by atoms with Gasteiger partial charge in [0.1, 0.15) is 23.0 Å². The van der Waals surface area contributed by atoms with E-state index < -0.39 is 0 Å². The van der Waals surface area contributed by atoms with Crippen LogP contribution in [-0.2, 0) is 0 Å². The van der Waals surface area contributed by atoms with Crippen molar-refractivity contribution in [2.75, 3.05) is 0 Å². The number of hydrogen-bond donors (Lipinski definition) is 0. The molecule has 0 amide bonds. The van der Waals surface area contributed by atoms with Crippen molar-refractivity contribution in [2.45, 2.75) is 6.92 Å². The zero-order chi connectivity index (χ0) is 34.8. The quantitative estimate of drug-likeness (QED) is 0.104. The summed E-state index contributed by atoms with van der Waals surface area (Å²) in [5, 5.41) is 7.14. The van der Waals surface area contributed by atoms with Crippen LogP contribution in [0.3, 0.4) is 0 Å². The summed E-state index contributed by atoms with van der Waals surface area (Å²) >= 11 is 0. The fourth-order valence-electron chi connectivity index (χ4n) is 8.57. The van der Waals surface area contributed by atoms with E-state index in [2.05, 4.69) is 171 Å². The molecule has 0 aliphatic carbocycles. The van der Waals surface area contributed by atoms with Crippen LogP contribution in [0, 0.1) is 0 Å². The average molecular weight is 665 g/mol. The van der Waals surface area contributed by atoms with Crippen LogP contribution in [0.2, 0.25) is 0 Å². The fraction of sp³-hybridized carbons (Fsp3) is 0.0204. The number of rotatable bonds is 5. The minimum Gasteiger partial charge on any atom is -0.458 e. The van der Waals surface area contributed by atoms with Gasteiger partial charge in [0, 0.05) is 10.8 Å². The summed E-state index contributed by atoms with van der Waals surface area (Å²) in [6.07, 6.45) is 6.32. The van der Waals surface area contributed by atoms with Crippen LogP contribution in [-0.4, -0.2) is 6.71 Å². The van der Waals surface area contributed by atoms with E-state index in [1.807, 2.05) is 12.1 Å². The summed E-state index contributed by atoms with van der Waals surface area (Å²) in [6.45, 7) is 6.30. The Morgan fingerprint density at radius 3 is 1.92 bits per heavy atom. The second-order valence-corrected chi connectivity index (χ2v) is 13.5. The van der Waals surface area contributed by atoms with Crippen LogP contribution < -0.4 is 25.9 Å². The van der Waals surface area contributed by atoms with Gasteiger partial charge >= 0.3 is 0 Å². The Balaban J connectivity index is 1.19. The summed E-state index contributed by atoms with van der Waals surface area (Å²) in [4.78, 5) is 0. The number of hydrogen-bond acceptors (Lipinski definition) is 2. The number of benzene rings is 8. The lowest BCUT2D eigenvalue weighted by Gasteiger charge is -2.33. The first kappa shape index (κ1) is 30.3. The van der Waals surface area contributed by atoms with Gasteiger partial charge in [0.05, 0.1) is 0 Å². The summed E-state index contributed by atoms with van der Waals surface area (Å²) in [6, 6.07) is 54.1. The molecule has 0 aromatic heterocycles. The molecule has 0 fully saturated rings. The lowest BCUT2D eigenvalue weighted by atomic mass is 9.34. The van der Waals surface area contributed by atoms with Crippen molar-refractivity contribution in [3.05, 3.63) is 188 Å². The van der Waals surface area contributed by atoms with Crippen LogP contribution in [0.1, 0.15) is 18.1 Å². The first-order chi connectivity index (χ1) is 25.7. The van der Waals surface area contributed by atoms with Crippen LogP contribution >= 0.6 is 0 Å². The predicted molar refractivity (Wildman–Crippen MR) is 220 cm³/mol. The monoisotopic (exact) mass is 664 g/mol. The molecule has 3 heteroatoms. The molecule has 0 atom stereocenters. The highest BCUT2D eigenvalue weighted by atomic mass is 16.5. The molecule has 0 bridgehead atoms. The third-order valence-electron chi connectivity index (χ3n) is 10.7. The Labute approximate surface area is 303 Å². The molecule has 0 saturated heterocycles. The minimum atomic E-state index is -0.0417. The summed E-state index contributed by atoms with van der Waals surface area (Å²) in [5.41, 5.74) is 10.4. The molecule has 0 spiro atoms. The normalized spacial score (nSPS) is 13.3. The van der Waals surface area contributed by atoms with Crippen LogP contribution in [0.25, 0.3) is 54.6 Å². The molecule has 244 valence electrons. The summed E-state index contributed by atoms with van der Waals surface area (Å²) < 4.78 is 13.3. The maximum Gasteiger partial charge on any atom is 0.260 e. The van der Waals surface area contributed by atoms with E-state index in [0.717, 1.165) is 66.9 Å². The van der Waals surface area contributed by atoms with Crippen LogP contribution in [0.15, 0.2) is 176 Å². The largest absolute Gasteiger partial charge is 0.458 e. The van der Waals surface area contributed by atoms with E-state index in [4.69, 9.17) is 9.47 Å². The SMILES string of the molecule is C=C/C=C(\C(=C/C)c1ccc2c(c1)B1c3ccc4ccccc4c3Oc3cccc(c31)O2)c1c2ccccc2c(-c2ccccc2)c2ccccc12. The van der Waals surface area contributed by atoms with Crippen molar-refractivity contribution in [3.8, 4) is 34.1 Å². The van der Waals surface area contributed by atoms with Crippen molar-refractivity contribution in [1.29, 1.82) is 0 Å². The molecule has 2 aliphatic rings. The fourth-order valence-corrected chi connectivity index (χ4v) is 8.57. The lowest BCUT2D eigenvalue weighted by Crippen LogP contribution is -2.57. The molecular formula is C49H33BO2. The standard InChI is InChI=1S/C49H33BO2/c1-3-15-36(47-39-22-12-10-20-37(39)46(32-17-6-5-7-18-32)38-21-11-13-23-40(38)47)34(4-2)33-27-29-43-42(30-33)50-41-28-26-31-16-8-9-19-35(31)49(41)52-45-25-14-24-44(51-43)48(45)50/h3-30H,1H2,2H3/b34-4-,36-15+. The van der Waals surface area contributed by atoms with Gasteiger partial charge in [-0.2, -0.15) is 0 Å². The second-order valence-electron chi connectivity index (χ2n) is 13.5. The first-order valence-electron chi connectivity index (χ1n) is 17.9. The average Bonchev–Trinajstić information content (AvgIpc) is 3.20. The highest BCUT2D eigenvalue weighted by Gasteiger charge is 2.40. The third kappa shape index (κ3) is 4.53. The molecule has 2 nitrogen and oxygen atoms in total. The topological polar surface area (TPSA) is 18.5 Å². The zero-order valence-electron chi connectivity index (χ0n) is 28.8. The van der Waals surface area contributed by atoms with Crippen molar-refractivity contribution < 1.29 is 9.47 Å². The van der Waals surface area contributed by atoms with E-state index in [0.29, 0.717) is 0 Å². The summed E-state index contributed by atoms with van der Waals surface area (Å²) in [7, 11) is 0. The van der Waals surface area contributed by atoms with Crippen LogP contribution in [0.5, 0.6) is 23.0 Å². The Morgan fingerprint density at radius 2 is 1.21 bits per heavy atom. The maximum absolute atomic E-state index is 6.69. The van der Waals surface area contributed by atoms with E-state index in [1.165, 1.54) is 38.2 Å². The van der Waals surface area contributed by atoms with Crippen molar-refractivity contribution in [1.82, 2.24) is 0 Å². The van der Waals surface area contributed by atoms with E-state index in [9.17, 15) is 0 Å². The smallest absolute Gasteiger partial charge is 0.260 e. The Hall–Kier alpha value is -6.58. The predicted octanol–water partition coefficient (Wildman–Crippen LogP) is 11.2. The molecular weight excluding hydrogens is 631 g/mol. The van der Waals surface area contributed by atoms with Gasteiger partial charge in [-0.05, 0) is 96.4 Å². The Kier molecular flexibility index (Phi) is 7.01. The van der Waals surface area contributed by atoms with Crippen molar-refractivity contribution in [3.63, 3.8) is 0 Å². The molecule has 0 saturated carbocycles. The summed E-state index contributed by atoms with van der Waals surface area (Å²) in [5.74, 6) is 3.47. The maximum atomic E-state index is 6.69. The first-order valence-corrected chi connectivity index (χ1v) is 17.9. The van der Waals surface area contributed by atoms with Crippen molar-refractivity contribution >= 4 is 66.6 Å². The molecule has 0 unspecified atom stereocenters. The molecule has 0 radical (unpaired) electrons. The van der Waals surface area contributed by atoms with Gasteiger partial charge in [-0.15, -0.1) is 0 Å². The van der Waals surface area contributed by atoms with E-state index in [-0.39, 0.29) is 6.71 Å². The molecule has 8 aromatic rings. The minimum absolute atomic E-state index is 0.0417. The van der Waals surface area contributed by atoms with Gasteiger partial charge in [-0.1, -0.05) is 158 Å². The van der Waals surface area contributed by atoms with Gasteiger partial charge in [-0.3, -0.25) is 0 Å². The van der Waals surface area contributed by atoms with E-state index in [1.54, 1.807) is 0 Å². The zero-order valence-corrected chi connectivity index (χ0v) is 28.8. The molecule has 0 N–H and O–H groups in total. The van der Waals surface area contributed by atoms with Gasteiger partial charge in [-0.25, -0.2) is 0 Å². The Morgan fingerprint density at radius 1 is 0.558 bits per heavy atom. The van der Waals surface area contributed by atoms with E-state index >= 15 is 0 Å². The highest BCUT2D eigenvalue weighted by molar-refractivity contribution is 6.98. The van der Waals surface area contributed by atoms with Gasteiger partial charge in [0.25, 0.3) is 6.71 Å². The number of fused-ring (bicyclic) bond motifs is 8. The molecule has 2 heterocycles. The van der Waals surface area contributed by atoms with Crippen LogP contribution in [0.4, 0.5) is 0 Å². The van der Waals surface area contributed by atoms with Gasteiger partial charge in [0.2, 0.25) is 0 Å². The Bertz CT molecular complexity index is 2770. The number of allylic oxidation sites excluding steroid dienone is 5. The second kappa shape index (κ2) is 12.0. The highest BCUT2D eigenvalue weighted by Crippen LogP contribution is 2.45. The lowest BCUT2D eigenvalue weighted by molar-refractivity contribution is 0.467. The molecule has 8 aromatic carbocycles. The van der Waals surface area contributed by atoms with Gasteiger partial charge in [0.15, 0.2) is 0 Å². The molecule has 52 heavy (non-hydrogen) atoms. The molecule has 2 aliphatic heterocycles. The number of ether oxygens (including phenoxy) is 2.